The molecule has 0 bridgehead atoms. The molecule has 5 aromatic rings. The molecule has 5 rings (SSSR count). The van der Waals surface area contributed by atoms with Gasteiger partial charge in [-0.2, -0.15) is 0 Å². The van der Waals surface area contributed by atoms with Crippen LogP contribution in [-0.2, 0) is 0 Å². The van der Waals surface area contributed by atoms with E-state index < -0.39 is 0 Å². The Morgan fingerprint density at radius 1 is 1.00 bits per heavy atom. The molecule has 6 nitrogen and oxygen atoms in total. The largest absolute Gasteiger partial charge is 0.496 e. The van der Waals surface area contributed by atoms with E-state index >= 15 is 0 Å². The van der Waals surface area contributed by atoms with Crippen LogP contribution in [-0.4, -0.2) is 23.0 Å². The molecule has 0 aliphatic heterocycles. The maximum Gasteiger partial charge on any atom is 0.255 e. The number of aromatic amines is 1. The molecule has 0 atom stereocenters. The Kier molecular flexibility index (Phi) is 4.72. The molecule has 0 fully saturated rings. The van der Waals surface area contributed by atoms with Crippen molar-refractivity contribution in [2.24, 2.45) is 0 Å². The summed E-state index contributed by atoms with van der Waals surface area (Å²) in [6.45, 7) is 0. The lowest BCUT2D eigenvalue weighted by atomic mass is 10.1. The van der Waals surface area contributed by atoms with Crippen molar-refractivity contribution in [3.8, 4) is 28.5 Å². The molecule has 0 radical (unpaired) electrons. The van der Waals surface area contributed by atoms with Gasteiger partial charge in [-0.25, -0.2) is 4.98 Å². The molecule has 0 saturated heterocycles. The van der Waals surface area contributed by atoms with E-state index in [0.29, 0.717) is 22.8 Å². The van der Waals surface area contributed by atoms with E-state index in [4.69, 9.17) is 9.15 Å². The second-order valence-electron chi connectivity index (χ2n) is 7.03. The minimum absolute atomic E-state index is 0.216. The van der Waals surface area contributed by atoms with E-state index in [1.54, 1.807) is 37.6 Å². The van der Waals surface area contributed by atoms with Crippen LogP contribution in [0.4, 0.5) is 5.69 Å². The first kappa shape index (κ1) is 18.7. The summed E-state index contributed by atoms with van der Waals surface area (Å²) in [5.74, 6) is 1.85. The fraction of sp³-hybridized carbons (Fsp3) is 0.0400. The van der Waals surface area contributed by atoms with Crippen molar-refractivity contribution in [3.05, 3.63) is 90.7 Å². The maximum atomic E-state index is 12.8. The van der Waals surface area contributed by atoms with Crippen molar-refractivity contribution >= 4 is 22.6 Å². The second kappa shape index (κ2) is 7.84. The van der Waals surface area contributed by atoms with Crippen LogP contribution >= 0.6 is 0 Å². The normalized spacial score (nSPS) is 10.9. The van der Waals surface area contributed by atoms with E-state index in [-0.39, 0.29) is 5.91 Å². The van der Waals surface area contributed by atoms with Gasteiger partial charge >= 0.3 is 0 Å². The van der Waals surface area contributed by atoms with Gasteiger partial charge in [0.2, 0.25) is 0 Å². The predicted molar refractivity (Wildman–Crippen MR) is 120 cm³/mol. The molecule has 6 heteroatoms. The number of aromatic nitrogens is 2. The molecule has 0 saturated carbocycles. The zero-order chi connectivity index (χ0) is 21.2. The third-order valence-electron chi connectivity index (χ3n) is 5.05. The monoisotopic (exact) mass is 409 g/mol. The lowest BCUT2D eigenvalue weighted by Gasteiger charge is -2.10. The highest BCUT2D eigenvalue weighted by atomic mass is 16.5. The number of nitrogens with zero attached hydrogens (tertiary/aromatic N) is 1. The van der Waals surface area contributed by atoms with Crippen LogP contribution in [0, 0.1) is 0 Å². The number of rotatable bonds is 5. The summed E-state index contributed by atoms with van der Waals surface area (Å²) < 4.78 is 10.9. The topological polar surface area (TPSA) is 80.1 Å². The molecule has 0 spiro atoms. The number of fused-ring (bicyclic) bond motifs is 1. The first-order valence-electron chi connectivity index (χ1n) is 9.80. The van der Waals surface area contributed by atoms with Gasteiger partial charge in [-0.15, -0.1) is 0 Å². The van der Waals surface area contributed by atoms with E-state index in [2.05, 4.69) is 15.3 Å². The van der Waals surface area contributed by atoms with Crippen molar-refractivity contribution in [1.82, 2.24) is 9.97 Å². The number of anilines is 1. The van der Waals surface area contributed by atoms with Crippen LogP contribution < -0.4 is 10.1 Å². The molecule has 2 N–H and O–H groups in total. The van der Waals surface area contributed by atoms with Crippen molar-refractivity contribution < 1.29 is 13.9 Å². The first-order valence-corrected chi connectivity index (χ1v) is 9.80. The van der Waals surface area contributed by atoms with Crippen LogP contribution in [0.25, 0.3) is 33.7 Å². The average molecular weight is 409 g/mol. The molecular formula is C25H19N3O3. The number of furan rings is 1. The number of hydrogen-bond acceptors (Lipinski definition) is 4. The molecule has 0 aliphatic rings. The summed E-state index contributed by atoms with van der Waals surface area (Å²) in [5, 5.41) is 2.93. The van der Waals surface area contributed by atoms with Crippen LogP contribution in [0.3, 0.4) is 0 Å². The number of para-hydroxylation sites is 2. The van der Waals surface area contributed by atoms with Gasteiger partial charge in [0.15, 0.2) is 0 Å². The molecule has 2 aromatic heterocycles. The number of carbonyl (C=O) groups excluding carboxylic acids is 1. The molecule has 31 heavy (non-hydrogen) atoms. The highest BCUT2D eigenvalue weighted by Crippen LogP contribution is 2.31. The quantitative estimate of drug-likeness (QED) is 0.387. The molecule has 2 heterocycles. The fourth-order valence-corrected chi connectivity index (χ4v) is 3.48. The lowest BCUT2D eigenvalue weighted by molar-refractivity contribution is 0.102. The number of imidazole rings is 1. The van der Waals surface area contributed by atoms with Gasteiger partial charge in [0.25, 0.3) is 5.91 Å². The van der Waals surface area contributed by atoms with Crippen LogP contribution in [0.15, 0.2) is 89.5 Å². The van der Waals surface area contributed by atoms with Gasteiger partial charge in [-0.1, -0.05) is 12.1 Å². The van der Waals surface area contributed by atoms with Crippen molar-refractivity contribution in [2.45, 2.75) is 0 Å². The lowest BCUT2D eigenvalue weighted by Crippen LogP contribution is -2.12. The number of nitrogens with one attached hydrogen (secondary N) is 2. The number of carbonyl (C=O) groups is 1. The summed E-state index contributed by atoms with van der Waals surface area (Å²) >= 11 is 0. The minimum Gasteiger partial charge on any atom is -0.496 e. The number of methoxy groups -OCH3 is 1. The Bertz CT molecular complexity index is 1320. The number of hydrogen-bond donors (Lipinski definition) is 2. The second-order valence-corrected chi connectivity index (χ2v) is 7.03. The van der Waals surface area contributed by atoms with Crippen molar-refractivity contribution in [2.75, 3.05) is 12.4 Å². The van der Waals surface area contributed by atoms with Gasteiger partial charge in [0.1, 0.15) is 17.3 Å². The minimum atomic E-state index is -0.216. The molecule has 152 valence electrons. The van der Waals surface area contributed by atoms with Gasteiger partial charge in [-0.3, -0.25) is 4.79 Å². The smallest absolute Gasteiger partial charge is 0.255 e. The standard InChI is InChI=1S/C25H19N3O3/c1-30-22-13-10-17(15-19(22)23-7-4-14-31-23)25(29)26-18-11-8-16(9-12-18)24-27-20-5-2-3-6-21(20)28-24/h2-15H,1H3,(H,26,29)(H,27,28). The van der Waals surface area contributed by atoms with E-state index in [9.17, 15) is 4.79 Å². The highest BCUT2D eigenvalue weighted by molar-refractivity contribution is 6.05. The zero-order valence-electron chi connectivity index (χ0n) is 16.8. The van der Waals surface area contributed by atoms with E-state index in [1.807, 2.05) is 54.6 Å². The zero-order valence-corrected chi connectivity index (χ0v) is 16.8. The number of H-pyrrole nitrogens is 1. The number of ether oxygens (including phenoxy) is 1. The Balaban J connectivity index is 1.36. The molecule has 0 aliphatic carbocycles. The summed E-state index contributed by atoms with van der Waals surface area (Å²) in [6.07, 6.45) is 1.59. The third kappa shape index (κ3) is 3.67. The predicted octanol–water partition coefficient (Wildman–Crippen LogP) is 5.75. The summed E-state index contributed by atoms with van der Waals surface area (Å²) in [4.78, 5) is 20.7. The molecule has 1 amide bonds. The molecular weight excluding hydrogens is 390 g/mol. The molecule has 3 aromatic carbocycles. The highest BCUT2D eigenvalue weighted by Gasteiger charge is 2.14. The maximum absolute atomic E-state index is 12.8. The first-order chi connectivity index (χ1) is 15.2. The van der Waals surface area contributed by atoms with Crippen LogP contribution in [0.1, 0.15) is 10.4 Å². The van der Waals surface area contributed by atoms with Crippen molar-refractivity contribution in [3.63, 3.8) is 0 Å². The van der Waals surface area contributed by atoms with Crippen LogP contribution in [0.2, 0.25) is 0 Å². The van der Waals surface area contributed by atoms with Gasteiger partial charge < -0.3 is 19.5 Å². The summed E-state index contributed by atoms with van der Waals surface area (Å²) in [7, 11) is 1.59. The van der Waals surface area contributed by atoms with E-state index in [0.717, 1.165) is 28.0 Å². The fourth-order valence-electron chi connectivity index (χ4n) is 3.48. The van der Waals surface area contributed by atoms with E-state index in [1.165, 1.54) is 0 Å². The van der Waals surface area contributed by atoms with Gasteiger partial charge in [0, 0.05) is 16.8 Å². The van der Waals surface area contributed by atoms with Gasteiger partial charge in [-0.05, 0) is 66.7 Å². The Hall–Kier alpha value is -4.32. The Morgan fingerprint density at radius 3 is 2.58 bits per heavy atom. The van der Waals surface area contributed by atoms with Crippen molar-refractivity contribution in [1.29, 1.82) is 0 Å². The summed E-state index contributed by atoms with van der Waals surface area (Å²) in [6, 6.07) is 24.3. The third-order valence-corrected chi connectivity index (χ3v) is 5.05. The Labute approximate surface area is 178 Å². The molecule has 0 unspecified atom stereocenters. The average Bonchev–Trinajstić information content (AvgIpc) is 3.49. The number of benzene rings is 3. The van der Waals surface area contributed by atoms with Gasteiger partial charge in [0.05, 0.1) is 30.0 Å². The Morgan fingerprint density at radius 2 is 1.84 bits per heavy atom. The number of amides is 1. The van der Waals surface area contributed by atoms with Crippen LogP contribution in [0.5, 0.6) is 5.75 Å². The summed E-state index contributed by atoms with van der Waals surface area (Å²) in [5.41, 5.74) is 4.77. The SMILES string of the molecule is COc1ccc(C(=O)Nc2ccc(-c3nc4ccccc4[nH]3)cc2)cc1-c1ccco1.